The quantitative estimate of drug-likeness (QED) is 0.787. The van der Waals surface area contributed by atoms with Crippen LogP contribution in [-0.4, -0.2) is 26.0 Å². The van der Waals surface area contributed by atoms with Crippen molar-refractivity contribution in [3.8, 4) is 0 Å². The van der Waals surface area contributed by atoms with Crippen LogP contribution in [0.3, 0.4) is 0 Å². The summed E-state index contributed by atoms with van der Waals surface area (Å²) < 4.78 is 0. The maximum Gasteiger partial charge on any atom is 0.187 e. The van der Waals surface area contributed by atoms with E-state index in [9.17, 15) is 4.79 Å². The zero-order valence-electron chi connectivity index (χ0n) is 7.97. The van der Waals surface area contributed by atoms with E-state index >= 15 is 0 Å². The SMILES string of the molecule is O=C(Cn1ncnn1)c1ccc(Cl)cc1Cl. The third-order valence-corrected chi connectivity index (χ3v) is 2.46. The molecule has 0 fully saturated rings. The first-order valence-corrected chi connectivity index (χ1v) is 5.11. The third-order valence-electron chi connectivity index (χ3n) is 1.91. The van der Waals surface area contributed by atoms with Crippen LogP contribution in [0, 0.1) is 0 Å². The second-order valence-electron chi connectivity index (χ2n) is 3.01. The van der Waals surface area contributed by atoms with Gasteiger partial charge in [-0.1, -0.05) is 23.2 Å². The summed E-state index contributed by atoms with van der Waals surface area (Å²) in [6.45, 7) is 0.00134. The van der Waals surface area contributed by atoms with Gasteiger partial charge in [-0.3, -0.25) is 4.79 Å². The molecule has 1 aromatic carbocycles. The van der Waals surface area contributed by atoms with Gasteiger partial charge in [-0.25, -0.2) is 0 Å². The number of rotatable bonds is 3. The number of nitrogens with zero attached hydrogens (tertiary/aromatic N) is 4. The van der Waals surface area contributed by atoms with Crippen molar-refractivity contribution >= 4 is 29.0 Å². The van der Waals surface area contributed by atoms with Gasteiger partial charge in [0, 0.05) is 10.6 Å². The lowest BCUT2D eigenvalue weighted by Gasteiger charge is -2.02. The Morgan fingerprint density at radius 3 is 2.81 bits per heavy atom. The minimum absolute atomic E-state index is 0.00134. The van der Waals surface area contributed by atoms with Crippen LogP contribution in [0.25, 0.3) is 0 Å². The van der Waals surface area contributed by atoms with E-state index in [1.54, 1.807) is 12.1 Å². The molecule has 0 saturated heterocycles. The van der Waals surface area contributed by atoms with E-state index < -0.39 is 0 Å². The number of halogens is 2. The molecular formula is C9H6Cl2N4O. The molecule has 5 nitrogen and oxygen atoms in total. The second-order valence-corrected chi connectivity index (χ2v) is 3.86. The van der Waals surface area contributed by atoms with Gasteiger partial charge in [0.1, 0.15) is 6.54 Å². The molecule has 2 aromatic rings. The highest BCUT2D eigenvalue weighted by Gasteiger charge is 2.12. The number of hydrogen-bond acceptors (Lipinski definition) is 4. The van der Waals surface area contributed by atoms with Crippen molar-refractivity contribution in [3.63, 3.8) is 0 Å². The summed E-state index contributed by atoms with van der Waals surface area (Å²) in [5, 5.41) is 11.6. The second kappa shape index (κ2) is 4.59. The molecule has 0 atom stereocenters. The highest BCUT2D eigenvalue weighted by atomic mass is 35.5. The largest absolute Gasteiger partial charge is 0.292 e. The molecule has 16 heavy (non-hydrogen) atoms. The Kier molecular flexibility index (Phi) is 3.17. The van der Waals surface area contributed by atoms with Crippen molar-refractivity contribution in [2.75, 3.05) is 0 Å². The fraction of sp³-hybridized carbons (Fsp3) is 0.111. The Morgan fingerprint density at radius 2 is 2.19 bits per heavy atom. The Hall–Kier alpha value is -1.46. The van der Waals surface area contributed by atoms with E-state index in [4.69, 9.17) is 23.2 Å². The smallest absolute Gasteiger partial charge is 0.187 e. The van der Waals surface area contributed by atoms with Crippen molar-refractivity contribution in [1.82, 2.24) is 20.2 Å². The molecule has 0 unspecified atom stereocenters. The Morgan fingerprint density at radius 1 is 1.38 bits per heavy atom. The molecule has 1 heterocycles. The number of carbonyl (C=O) groups excluding carboxylic acids is 1. The first-order chi connectivity index (χ1) is 7.66. The first-order valence-electron chi connectivity index (χ1n) is 4.36. The van der Waals surface area contributed by atoms with E-state index in [0.29, 0.717) is 15.6 Å². The van der Waals surface area contributed by atoms with Gasteiger partial charge in [0.25, 0.3) is 0 Å². The van der Waals surface area contributed by atoms with Crippen molar-refractivity contribution in [2.45, 2.75) is 6.54 Å². The Bertz CT molecular complexity index is 512. The molecule has 1 aromatic heterocycles. The summed E-state index contributed by atoms with van der Waals surface area (Å²) in [4.78, 5) is 13.0. The molecule has 7 heteroatoms. The maximum absolute atomic E-state index is 11.8. The van der Waals surface area contributed by atoms with Crippen LogP contribution in [0.15, 0.2) is 24.5 Å². The average molecular weight is 257 g/mol. The highest BCUT2D eigenvalue weighted by molar-refractivity contribution is 6.36. The molecule has 0 aliphatic heterocycles. The number of ketones is 1. The summed E-state index contributed by atoms with van der Waals surface area (Å²) in [7, 11) is 0. The molecule has 82 valence electrons. The highest BCUT2D eigenvalue weighted by Crippen LogP contribution is 2.21. The van der Waals surface area contributed by atoms with Gasteiger partial charge in [-0.15, -0.1) is 10.2 Å². The van der Waals surface area contributed by atoms with Crippen LogP contribution in [-0.2, 0) is 6.54 Å². The lowest BCUT2D eigenvalue weighted by atomic mass is 10.1. The predicted molar refractivity (Wildman–Crippen MR) is 58.6 cm³/mol. The normalized spacial score (nSPS) is 10.4. The molecule has 0 amide bonds. The summed E-state index contributed by atoms with van der Waals surface area (Å²) in [5.74, 6) is -0.195. The van der Waals surface area contributed by atoms with Crippen molar-refractivity contribution in [1.29, 1.82) is 0 Å². The number of tetrazole rings is 1. The van der Waals surface area contributed by atoms with Crippen LogP contribution < -0.4 is 0 Å². The fourth-order valence-electron chi connectivity index (χ4n) is 1.19. The van der Waals surface area contributed by atoms with Gasteiger partial charge in [-0.05, 0) is 23.4 Å². The Labute approximate surface area is 101 Å². The summed E-state index contributed by atoms with van der Waals surface area (Å²) in [5.41, 5.74) is 0.392. The van der Waals surface area contributed by atoms with Crippen LogP contribution >= 0.6 is 23.2 Å². The molecule has 0 saturated carbocycles. The number of Topliss-reactive ketones (excluding diaryl/α,β-unsaturated/α-hetero) is 1. The first kappa shape index (κ1) is 11.0. The van der Waals surface area contributed by atoms with E-state index in [-0.39, 0.29) is 12.3 Å². The summed E-state index contributed by atoms with van der Waals surface area (Å²) in [6, 6.07) is 4.70. The zero-order valence-corrected chi connectivity index (χ0v) is 9.48. The molecular weight excluding hydrogens is 251 g/mol. The molecule has 0 radical (unpaired) electrons. The lowest BCUT2D eigenvalue weighted by Crippen LogP contribution is -2.13. The van der Waals surface area contributed by atoms with Crippen molar-refractivity contribution < 1.29 is 4.79 Å². The minimum Gasteiger partial charge on any atom is -0.292 e. The number of benzene rings is 1. The molecule has 0 N–H and O–H groups in total. The lowest BCUT2D eigenvalue weighted by molar-refractivity contribution is 0.0961. The van der Waals surface area contributed by atoms with Crippen LogP contribution in [0.1, 0.15) is 10.4 Å². The van der Waals surface area contributed by atoms with Gasteiger partial charge < -0.3 is 0 Å². The van der Waals surface area contributed by atoms with Gasteiger partial charge in [0.2, 0.25) is 0 Å². The van der Waals surface area contributed by atoms with Gasteiger partial charge >= 0.3 is 0 Å². The average Bonchev–Trinajstić information content (AvgIpc) is 2.70. The van der Waals surface area contributed by atoms with Crippen molar-refractivity contribution in [3.05, 3.63) is 40.1 Å². The summed E-state index contributed by atoms with van der Waals surface area (Å²) >= 11 is 11.6. The van der Waals surface area contributed by atoms with E-state index in [1.807, 2.05) is 0 Å². The number of carbonyl (C=O) groups is 1. The van der Waals surface area contributed by atoms with Gasteiger partial charge in [-0.2, -0.15) is 4.80 Å². The molecule has 0 aliphatic rings. The number of hydrogen-bond donors (Lipinski definition) is 0. The van der Waals surface area contributed by atoms with Crippen LogP contribution in [0.4, 0.5) is 0 Å². The molecule has 0 spiro atoms. The molecule has 0 bridgehead atoms. The Balaban J connectivity index is 2.21. The predicted octanol–water partition coefficient (Wildman–Crippen LogP) is 1.86. The standard InChI is InChI=1S/C9H6Cl2N4O/c10-6-1-2-7(8(11)3-6)9(16)4-15-13-5-12-14-15/h1-3,5H,4H2. The number of aromatic nitrogens is 4. The van der Waals surface area contributed by atoms with Crippen molar-refractivity contribution in [2.24, 2.45) is 0 Å². The molecule has 0 aliphatic carbocycles. The third kappa shape index (κ3) is 2.37. The fourth-order valence-corrected chi connectivity index (χ4v) is 1.70. The maximum atomic E-state index is 11.8. The molecule has 2 rings (SSSR count). The van der Waals surface area contributed by atoms with Crippen LogP contribution in [0.5, 0.6) is 0 Å². The van der Waals surface area contributed by atoms with E-state index in [0.717, 1.165) is 0 Å². The van der Waals surface area contributed by atoms with E-state index in [2.05, 4.69) is 15.4 Å². The summed E-state index contributed by atoms with van der Waals surface area (Å²) in [6.07, 6.45) is 1.26. The van der Waals surface area contributed by atoms with Gasteiger partial charge in [0.15, 0.2) is 12.1 Å². The minimum atomic E-state index is -0.195. The zero-order chi connectivity index (χ0) is 11.5. The van der Waals surface area contributed by atoms with E-state index in [1.165, 1.54) is 17.2 Å². The van der Waals surface area contributed by atoms with Gasteiger partial charge in [0.05, 0.1) is 5.02 Å². The monoisotopic (exact) mass is 256 g/mol. The van der Waals surface area contributed by atoms with Crippen LogP contribution in [0.2, 0.25) is 10.0 Å². The topological polar surface area (TPSA) is 60.7 Å².